The quantitative estimate of drug-likeness (QED) is 0.324. The van der Waals surface area contributed by atoms with Crippen LogP contribution < -0.4 is 10.2 Å². The monoisotopic (exact) mass is 467 g/mol. The van der Waals surface area contributed by atoms with Crippen molar-refractivity contribution in [2.45, 2.75) is 0 Å². The maximum Gasteiger partial charge on any atom is 0.281 e. The van der Waals surface area contributed by atoms with Crippen LogP contribution in [0.4, 0.5) is 5.69 Å². The highest BCUT2D eigenvalue weighted by Crippen LogP contribution is 2.33. The predicted molar refractivity (Wildman–Crippen MR) is 109 cm³/mol. The Labute approximate surface area is 170 Å². The first-order valence-electron chi connectivity index (χ1n) is 7.43. The van der Waals surface area contributed by atoms with Crippen LogP contribution in [0.3, 0.4) is 0 Å². The van der Waals surface area contributed by atoms with Crippen LogP contribution in [0.5, 0.6) is 5.75 Å². The van der Waals surface area contributed by atoms with Gasteiger partial charge in [0.05, 0.1) is 32.6 Å². The highest BCUT2D eigenvalue weighted by Gasteiger charge is 2.13. The van der Waals surface area contributed by atoms with E-state index in [4.69, 9.17) is 16.3 Å². The Kier molecular flexibility index (Phi) is 5.73. The third-order valence-electron chi connectivity index (χ3n) is 3.54. The fraction of sp³-hybridized carbons (Fsp3) is 0.0588. The molecule has 1 N–H and O–H groups in total. The van der Waals surface area contributed by atoms with Gasteiger partial charge in [-0.3, -0.25) is 14.9 Å². The molecule has 27 heavy (non-hydrogen) atoms. The van der Waals surface area contributed by atoms with Crippen molar-refractivity contribution in [2.75, 3.05) is 7.11 Å². The molecule has 2 aromatic carbocycles. The number of rotatable bonds is 5. The number of halogens is 2. The van der Waals surface area contributed by atoms with Crippen molar-refractivity contribution in [2.24, 2.45) is 5.10 Å². The lowest BCUT2D eigenvalue weighted by Gasteiger charge is -2.06. The number of hydrazone groups is 1. The van der Waals surface area contributed by atoms with Crippen molar-refractivity contribution < 1.29 is 14.5 Å². The van der Waals surface area contributed by atoms with Crippen molar-refractivity contribution in [1.82, 2.24) is 5.43 Å². The molecule has 138 valence electrons. The standard InChI is InChI=1S/C17H11BrClN3O4S/c1-26-16-12(18)4-9(5-13(16)19)8-20-21-17(23)15-7-10-6-11(22(24)25)2-3-14(10)27-15/h2-8H,1H3,(H,21,23). The summed E-state index contributed by atoms with van der Waals surface area (Å²) in [5, 5.41) is 15.8. The lowest BCUT2D eigenvalue weighted by atomic mass is 10.2. The van der Waals surface area contributed by atoms with Crippen LogP contribution in [-0.2, 0) is 0 Å². The van der Waals surface area contributed by atoms with Gasteiger partial charge in [0.15, 0.2) is 5.75 Å². The van der Waals surface area contributed by atoms with Crippen LogP contribution >= 0.6 is 38.9 Å². The minimum atomic E-state index is -0.473. The van der Waals surface area contributed by atoms with Crippen LogP contribution in [0.2, 0.25) is 5.02 Å². The Morgan fingerprint density at radius 3 is 2.81 bits per heavy atom. The Morgan fingerprint density at radius 2 is 2.15 bits per heavy atom. The van der Waals surface area contributed by atoms with Crippen LogP contribution in [0.1, 0.15) is 15.2 Å². The highest BCUT2D eigenvalue weighted by molar-refractivity contribution is 9.10. The summed E-state index contributed by atoms with van der Waals surface area (Å²) in [6.07, 6.45) is 1.45. The van der Waals surface area contributed by atoms with Gasteiger partial charge in [-0.05, 0) is 45.8 Å². The summed E-state index contributed by atoms with van der Waals surface area (Å²) in [5.74, 6) is 0.103. The molecule has 0 aliphatic carbocycles. The molecule has 0 saturated carbocycles. The number of carbonyl (C=O) groups excluding carboxylic acids is 1. The van der Waals surface area contributed by atoms with Gasteiger partial charge in [0.2, 0.25) is 0 Å². The maximum absolute atomic E-state index is 12.3. The van der Waals surface area contributed by atoms with Gasteiger partial charge in [-0.25, -0.2) is 5.43 Å². The zero-order chi connectivity index (χ0) is 19.6. The smallest absolute Gasteiger partial charge is 0.281 e. The minimum Gasteiger partial charge on any atom is -0.494 e. The number of fused-ring (bicyclic) bond motifs is 1. The number of hydrogen-bond acceptors (Lipinski definition) is 6. The average molecular weight is 469 g/mol. The number of methoxy groups -OCH3 is 1. The second-order valence-electron chi connectivity index (χ2n) is 5.31. The molecule has 7 nitrogen and oxygen atoms in total. The maximum atomic E-state index is 12.3. The summed E-state index contributed by atoms with van der Waals surface area (Å²) in [6.45, 7) is 0. The Bertz CT molecular complexity index is 1060. The Balaban J connectivity index is 1.75. The van der Waals surface area contributed by atoms with Crippen molar-refractivity contribution in [3.63, 3.8) is 0 Å². The summed E-state index contributed by atoms with van der Waals surface area (Å²) in [4.78, 5) is 23.0. The number of benzene rings is 2. The van der Waals surface area contributed by atoms with E-state index in [1.54, 1.807) is 24.3 Å². The molecule has 3 rings (SSSR count). The Morgan fingerprint density at radius 1 is 1.37 bits per heavy atom. The fourth-order valence-corrected chi connectivity index (χ4v) is 4.32. The lowest BCUT2D eigenvalue weighted by molar-refractivity contribution is -0.384. The largest absolute Gasteiger partial charge is 0.494 e. The molecule has 3 aromatic rings. The molecular formula is C17H11BrClN3O4S. The summed E-state index contributed by atoms with van der Waals surface area (Å²) in [5.41, 5.74) is 3.08. The van der Waals surface area contributed by atoms with Crippen LogP contribution in [0.15, 0.2) is 46.0 Å². The zero-order valence-corrected chi connectivity index (χ0v) is 16.9. The molecule has 1 heterocycles. The normalized spacial score (nSPS) is 11.1. The Hall–Kier alpha value is -2.49. The molecule has 0 saturated heterocycles. The summed E-state index contributed by atoms with van der Waals surface area (Å²) in [7, 11) is 1.51. The van der Waals surface area contributed by atoms with E-state index in [2.05, 4.69) is 26.5 Å². The minimum absolute atomic E-state index is 0.0211. The summed E-state index contributed by atoms with van der Waals surface area (Å²) >= 11 is 10.7. The van der Waals surface area contributed by atoms with Crippen molar-refractivity contribution in [3.8, 4) is 5.75 Å². The van der Waals surface area contributed by atoms with Gasteiger partial charge in [-0.15, -0.1) is 11.3 Å². The molecule has 10 heteroatoms. The van der Waals surface area contributed by atoms with E-state index in [0.717, 1.165) is 4.70 Å². The van der Waals surface area contributed by atoms with Crippen molar-refractivity contribution in [1.29, 1.82) is 0 Å². The van der Waals surface area contributed by atoms with E-state index in [9.17, 15) is 14.9 Å². The molecule has 1 aromatic heterocycles. The molecule has 0 aliphatic heterocycles. The van der Waals surface area contributed by atoms with Crippen molar-refractivity contribution in [3.05, 3.63) is 66.4 Å². The summed E-state index contributed by atoms with van der Waals surface area (Å²) < 4.78 is 6.59. The first kappa shape index (κ1) is 19.3. The molecule has 0 bridgehead atoms. The number of carbonyl (C=O) groups is 1. The average Bonchev–Trinajstić information content (AvgIpc) is 3.04. The molecule has 0 radical (unpaired) electrons. The van der Waals surface area contributed by atoms with Gasteiger partial charge in [0.1, 0.15) is 0 Å². The fourth-order valence-electron chi connectivity index (χ4n) is 2.33. The van der Waals surface area contributed by atoms with Gasteiger partial charge in [-0.1, -0.05) is 11.6 Å². The van der Waals surface area contributed by atoms with E-state index < -0.39 is 10.8 Å². The SMILES string of the molecule is COc1c(Cl)cc(C=NNC(=O)c2cc3cc([N+](=O)[O-])ccc3s2)cc1Br. The van der Waals surface area contributed by atoms with Crippen LogP contribution in [0, 0.1) is 10.1 Å². The number of ether oxygens (including phenoxy) is 1. The van der Waals surface area contributed by atoms with Crippen molar-refractivity contribution >= 4 is 66.8 Å². The number of nitrogens with zero attached hydrogens (tertiary/aromatic N) is 2. The molecule has 0 spiro atoms. The number of nitrogens with one attached hydrogen (secondary N) is 1. The number of nitro benzene ring substituents is 1. The highest BCUT2D eigenvalue weighted by atomic mass is 79.9. The predicted octanol–water partition coefficient (Wildman–Crippen LogP) is 5.00. The van der Waals surface area contributed by atoms with Crippen LogP contribution in [-0.4, -0.2) is 24.2 Å². The molecular weight excluding hydrogens is 458 g/mol. The first-order valence-corrected chi connectivity index (χ1v) is 9.42. The van der Waals surface area contributed by atoms with E-state index in [-0.39, 0.29) is 5.69 Å². The molecule has 0 unspecified atom stereocenters. The molecule has 1 amide bonds. The van der Waals surface area contributed by atoms with Gasteiger partial charge in [-0.2, -0.15) is 5.10 Å². The molecule has 0 aliphatic rings. The van der Waals surface area contributed by atoms with Gasteiger partial charge in [0, 0.05) is 22.2 Å². The number of nitro groups is 1. The first-order chi connectivity index (χ1) is 12.9. The summed E-state index contributed by atoms with van der Waals surface area (Å²) in [6, 6.07) is 9.46. The van der Waals surface area contributed by atoms with Gasteiger partial charge < -0.3 is 4.74 Å². The number of amides is 1. The second kappa shape index (κ2) is 8.03. The molecule has 0 atom stereocenters. The van der Waals surface area contributed by atoms with E-state index >= 15 is 0 Å². The number of hydrogen-bond donors (Lipinski definition) is 1. The van der Waals surface area contributed by atoms with E-state index in [1.165, 1.54) is 36.8 Å². The molecule has 0 fully saturated rings. The van der Waals surface area contributed by atoms with Gasteiger partial charge in [0.25, 0.3) is 11.6 Å². The second-order valence-corrected chi connectivity index (χ2v) is 7.65. The van der Waals surface area contributed by atoms with E-state index in [0.29, 0.717) is 31.1 Å². The third kappa shape index (κ3) is 4.26. The zero-order valence-electron chi connectivity index (χ0n) is 13.7. The third-order valence-corrected chi connectivity index (χ3v) is 5.52. The number of thiophene rings is 1. The number of non-ortho nitro benzene ring substituents is 1. The van der Waals surface area contributed by atoms with Gasteiger partial charge >= 0.3 is 0 Å². The van der Waals surface area contributed by atoms with E-state index in [1.807, 2.05) is 0 Å². The lowest BCUT2D eigenvalue weighted by Crippen LogP contribution is -2.16. The van der Waals surface area contributed by atoms with Crippen LogP contribution in [0.25, 0.3) is 10.1 Å². The topological polar surface area (TPSA) is 93.8 Å².